The summed E-state index contributed by atoms with van der Waals surface area (Å²) < 4.78 is 5.76. The van der Waals surface area contributed by atoms with Crippen LogP contribution in [0.3, 0.4) is 0 Å². The van der Waals surface area contributed by atoms with Crippen LogP contribution in [0.4, 0.5) is 22.7 Å². The van der Waals surface area contributed by atoms with Gasteiger partial charge >= 0.3 is 0 Å². The maximum absolute atomic E-state index is 5.95. The monoisotopic (exact) mass is 313 g/mol. The minimum atomic E-state index is 0.636. The number of nitrogen functional groups attached to an aromatic ring is 2. The molecule has 0 unspecified atom stereocenters. The number of unbranched alkanes of at least 4 members (excludes halogenated alkanes) is 4. The van der Waals surface area contributed by atoms with E-state index in [1.165, 1.54) is 25.7 Å². The predicted molar refractivity (Wildman–Crippen MR) is 99.2 cm³/mol. The van der Waals surface area contributed by atoms with Crippen molar-refractivity contribution in [3.05, 3.63) is 42.5 Å². The second-order valence-corrected chi connectivity index (χ2v) is 5.76. The lowest BCUT2D eigenvalue weighted by molar-refractivity contribution is 0.304. The number of anilines is 4. The van der Waals surface area contributed by atoms with Crippen molar-refractivity contribution in [3.63, 3.8) is 0 Å². The standard InChI is InChI=1S/C19H27N3O/c1-2-3-4-5-6-13-23-17-10-8-16(9-11-17)22-19-12-7-15(20)14-18(19)21/h7-12,14,22H,2-6,13,20-21H2,1H3. The molecule has 0 atom stereocenters. The molecule has 0 heterocycles. The first kappa shape index (κ1) is 17.0. The number of benzene rings is 2. The largest absolute Gasteiger partial charge is 0.494 e. The van der Waals surface area contributed by atoms with E-state index < -0.39 is 0 Å². The smallest absolute Gasteiger partial charge is 0.119 e. The van der Waals surface area contributed by atoms with Gasteiger partial charge in [-0.25, -0.2) is 0 Å². The molecule has 0 amide bonds. The third-order valence-corrected chi connectivity index (χ3v) is 3.73. The molecule has 4 heteroatoms. The van der Waals surface area contributed by atoms with Gasteiger partial charge in [-0.3, -0.25) is 0 Å². The van der Waals surface area contributed by atoms with E-state index in [4.69, 9.17) is 16.2 Å². The lowest BCUT2D eigenvalue weighted by Gasteiger charge is -2.11. The van der Waals surface area contributed by atoms with Gasteiger partial charge in [0.1, 0.15) is 5.75 Å². The van der Waals surface area contributed by atoms with E-state index in [2.05, 4.69) is 12.2 Å². The first-order chi connectivity index (χ1) is 11.2. The van der Waals surface area contributed by atoms with Crippen LogP contribution < -0.4 is 21.5 Å². The first-order valence-corrected chi connectivity index (χ1v) is 8.34. The zero-order valence-corrected chi connectivity index (χ0v) is 13.8. The van der Waals surface area contributed by atoms with E-state index in [1.807, 2.05) is 36.4 Å². The summed E-state index contributed by atoms with van der Waals surface area (Å²) in [6.45, 7) is 3.01. The molecule has 4 nitrogen and oxygen atoms in total. The summed E-state index contributed by atoms with van der Waals surface area (Å²) in [6.07, 6.45) is 6.24. The highest BCUT2D eigenvalue weighted by Crippen LogP contribution is 2.26. The zero-order valence-electron chi connectivity index (χ0n) is 13.8. The molecule has 23 heavy (non-hydrogen) atoms. The van der Waals surface area contributed by atoms with Crippen LogP contribution in [0.5, 0.6) is 5.75 Å². The third kappa shape index (κ3) is 5.74. The summed E-state index contributed by atoms with van der Waals surface area (Å²) >= 11 is 0. The van der Waals surface area contributed by atoms with Crippen molar-refractivity contribution in [1.82, 2.24) is 0 Å². The van der Waals surface area contributed by atoms with Gasteiger partial charge in [-0.05, 0) is 48.9 Å². The molecular formula is C19H27N3O. The Morgan fingerprint density at radius 1 is 0.913 bits per heavy atom. The van der Waals surface area contributed by atoms with E-state index in [0.29, 0.717) is 11.4 Å². The molecular weight excluding hydrogens is 286 g/mol. The highest BCUT2D eigenvalue weighted by Gasteiger charge is 2.01. The highest BCUT2D eigenvalue weighted by molar-refractivity contribution is 5.75. The molecule has 5 N–H and O–H groups in total. The van der Waals surface area contributed by atoms with Crippen LogP contribution in [-0.2, 0) is 0 Å². The van der Waals surface area contributed by atoms with Gasteiger partial charge < -0.3 is 21.5 Å². The topological polar surface area (TPSA) is 73.3 Å². The third-order valence-electron chi connectivity index (χ3n) is 3.73. The molecule has 0 aromatic heterocycles. The number of hydrogen-bond donors (Lipinski definition) is 3. The molecule has 0 saturated carbocycles. The van der Waals surface area contributed by atoms with Gasteiger partial charge in [-0.2, -0.15) is 0 Å². The summed E-state index contributed by atoms with van der Waals surface area (Å²) in [5, 5.41) is 3.28. The molecule has 2 aromatic rings. The lowest BCUT2D eigenvalue weighted by atomic mass is 10.2. The van der Waals surface area contributed by atoms with Crippen molar-refractivity contribution < 1.29 is 4.74 Å². The summed E-state index contributed by atoms with van der Waals surface area (Å²) in [6, 6.07) is 13.4. The van der Waals surface area contributed by atoms with Crippen LogP contribution in [0.2, 0.25) is 0 Å². The van der Waals surface area contributed by atoms with Crippen LogP contribution in [0.25, 0.3) is 0 Å². The van der Waals surface area contributed by atoms with Crippen LogP contribution in [0.15, 0.2) is 42.5 Å². The summed E-state index contributed by atoms with van der Waals surface area (Å²) in [7, 11) is 0. The molecule has 0 radical (unpaired) electrons. The van der Waals surface area contributed by atoms with Crippen molar-refractivity contribution in [1.29, 1.82) is 0 Å². The molecule has 0 bridgehead atoms. The number of nitrogens with one attached hydrogen (secondary N) is 1. The lowest BCUT2D eigenvalue weighted by Crippen LogP contribution is -1.99. The fourth-order valence-corrected chi connectivity index (χ4v) is 2.38. The minimum Gasteiger partial charge on any atom is -0.494 e. The number of rotatable bonds is 9. The fourth-order valence-electron chi connectivity index (χ4n) is 2.38. The van der Waals surface area contributed by atoms with Gasteiger partial charge in [0.05, 0.1) is 18.0 Å². The van der Waals surface area contributed by atoms with Crippen molar-refractivity contribution in [3.8, 4) is 5.75 Å². The van der Waals surface area contributed by atoms with E-state index in [-0.39, 0.29) is 0 Å². The normalized spacial score (nSPS) is 10.5. The average molecular weight is 313 g/mol. The molecule has 2 aromatic carbocycles. The van der Waals surface area contributed by atoms with E-state index in [1.54, 1.807) is 6.07 Å². The second kappa shape index (κ2) is 8.93. The Morgan fingerprint density at radius 3 is 2.35 bits per heavy atom. The Morgan fingerprint density at radius 2 is 1.65 bits per heavy atom. The number of ether oxygens (including phenoxy) is 1. The Balaban J connectivity index is 1.80. The molecule has 0 spiro atoms. The summed E-state index contributed by atoms with van der Waals surface area (Å²) in [5.41, 5.74) is 14.8. The van der Waals surface area contributed by atoms with Crippen LogP contribution in [0.1, 0.15) is 39.0 Å². The maximum atomic E-state index is 5.95. The molecule has 0 aliphatic carbocycles. The summed E-state index contributed by atoms with van der Waals surface area (Å²) in [4.78, 5) is 0. The van der Waals surface area contributed by atoms with Crippen molar-refractivity contribution in [2.45, 2.75) is 39.0 Å². The number of nitrogens with two attached hydrogens (primary N) is 2. The Hall–Kier alpha value is -2.36. The van der Waals surface area contributed by atoms with Gasteiger partial charge in [0.15, 0.2) is 0 Å². The van der Waals surface area contributed by atoms with Crippen molar-refractivity contribution in [2.75, 3.05) is 23.4 Å². The van der Waals surface area contributed by atoms with Gasteiger partial charge in [-0.15, -0.1) is 0 Å². The van der Waals surface area contributed by atoms with E-state index >= 15 is 0 Å². The van der Waals surface area contributed by atoms with Crippen LogP contribution >= 0.6 is 0 Å². The SMILES string of the molecule is CCCCCCCOc1ccc(Nc2ccc(N)cc2N)cc1. The maximum Gasteiger partial charge on any atom is 0.119 e. The van der Waals surface area contributed by atoms with Crippen LogP contribution in [0, 0.1) is 0 Å². The van der Waals surface area contributed by atoms with Gasteiger partial charge in [0.2, 0.25) is 0 Å². The van der Waals surface area contributed by atoms with Crippen molar-refractivity contribution >= 4 is 22.7 Å². The van der Waals surface area contributed by atoms with Crippen LogP contribution in [-0.4, -0.2) is 6.61 Å². The number of hydrogen-bond acceptors (Lipinski definition) is 4. The molecule has 0 fully saturated rings. The summed E-state index contributed by atoms with van der Waals surface area (Å²) in [5.74, 6) is 0.899. The Kier molecular flexibility index (Phi) is 6.60. The fraction of sp³-hybridized carbons (Fsp3) is 0.368. The molecule has 0 aliphatic rings. The second-order valence-electron chi connectivity index (χ2n) is 5.76. The molecule has 0 saturated heterocycles. The molecule has 2 rings (SSSR count). The molecule has 124 valence electrons. The van der Waals surface area contributed by atoms with Gasteiger partial charge in [-0.1, -0.05) is 32.6 Å². The van der Waals surface area contributed by atoms with Gasteiger partial charge in [0, 0.05) is 11.4 Å². The average Bonchev–Trinajstić information content (AvgIpc) is 2.55. The zero-order chi connectivity index (χ0) is 16.5. The molecule has 0 aliphatic heterocycles. The van der Waals surface area contributed by atoms with Gasteiger partial charge in [0.25, 0.3) is 0 Å². The van der Waals surface area contributed by atoms with E-state index in [0.717, 1.165) is 30.2 Å². The highest BCUT2D eigenvalue weighted by atomic mass is 16.5. The van der Waals surface area contributed by atoms with E-state index in [9.17, 15) is 0 Å². The Labute approximate surface area is 138 Å². The quantitative estimate of drug-likeness (QED) is 0.452. The first-order valence-electron chi connectivity index (χ1n) is 8.34. The Bertz CT molecular complexity index is 596. The van der Waals surface area contributed by atoms with Crippen molar-refractivity contribution in [2.24, 2.45) is 0 Å². The predicted octanol–water partition coefficient (Wildman–Crippen LogP) is 4.94. The minimum absolute atomic E-state index is 0.636.